The molecule has 0 spiro atoms. The second-order valence-electron chi connectivity index (χ2n) is 4.85. The van der Waals surface area contributed by atoms with E-state index in [1.54, 1.807) is 0 Å². The van der Waals surface area contributed by atoms with E-state index in [2.05, 4.69) is 54.1 Å². The molecule has 1 heteroatoms. The molecule has 0 aliphatic heterocycles. The van der Waals surface area contributed by atoms with Crippen molar-refractivity contribution in [3.8, 4) is 0 Å². The molecule has 1 aromatic carbocycles. The monoisotopic (exact) mass is 284 g/mol. The van der Waals surface area contributed by atoms with E-state index in [1.807, 2.05) is 0 Å². The Kier molecular flexibility index (Phi) is 3.84. The van der Waals surface area contributed by atoms with Crippen LogP contribution in [-0.4, -0.2) is 19.8 Å². The third-order valence-electron chi connectivity index (χ3n) is 2.47. The summed E-state index contributed by atoms with van der Waals surface area (Å²) < 4.78 is 1.46. The van der Waals surface area contributed by atoms with E-state index >= 15 is 0 Å². The summed E-state index contributed by atoms with van der Waals surface area (Å²) in [4.78, 5) is 4.98. The molecule has 72 valence electrons. The summed E-state index contributed by atoms with van der Waals surface area (Å²) >= 11 is -1.09. The molecule has 0 fully saturated rings. The minimum absolute atomic E-state index is 0.408. The Morgan fingerprint density at radius 2 is 1.62 bits per heavy atom. The van der Waals surface area contributed by atoms with Crippen molar-refractivity contribution in [2.24, 2.45) is 0 Å². The van der Waals surface area contributed by atoms with E-state index in [-0.39, 0.29) is 0 Å². The average molecular weight is 283 g/mol. The van der Waals surface area contributed by atoms with E-state index < -0.39 is 19.8 Å². The van der Waals surface area contributed by atoms with Crippen LogP contribution in [0.25, 0.3) is 0 Å². The van der Waals surface area contributed by atoms with Crippen molar-refractivity contribution in [2.45, 2.75) is 33.6 Å². The summed E-state index contributed by atoms with van der Waals surface area (Å²) in [5, 5.41) is 0. The molecule has 0 heterocycles. The third kappa shape index (κ3) is 3.34. The van der Waals surface area contributed by atoms with Crippen molar-refractivity contribution in [3.05, 3.63) is 35.9 Å². The number of rotatable bonds is 3. The Labute approximate surface area is 89.1 Å². The molecule has 0 amide bonds. The van der Waals surface area contributed by atoms with E-state index in [1.165, 1.54) is 10.0 Å². The first kappa shape index (κ1) is 11.1. The predicted octanol–water partition coefficient (Wildman–Crippen LogP) is 3.45. The van der Waals surface area contributed by atoms with Crippen molar-refractivity contribution in [2.75, 3.05) is 0 Å². The molecule has 0 atom stereocenters. The fraction of sp³-hybridized carbons (Fsp3) is 0.500. The van der Waals surface area contributed by atoms with Crippen LogP contribution in [0, 0.1) is 0 Å². The Morgan fingerprint density at radius 1 is 1.08 bits per heavy atom. The number of hydrogen-bond donors (Lipinski definition) is 0. The Morgan fingerprint density at radius 3 is 2.08 bits per heavy atom. The van der Waals surface area contributed by atoms with Crippen LogP contribution in [-0.2, 0) is 5.41 Å². The first-order chi connectivity index (χ1) is 6.02. The summed E-state index contributed by atoms with van der Waals surface area (Å²) in [6.45, 7) is 4.75. The van der Waals surface area contributed by atoms with Crippen LogP contribution < -0.4 is 0 Å². The zero-order chi connectivity index (χ0) is 9.90. The molecule has 0 N–H and O–H groups in total. The fourth-order valence-electron chi connectivity index (χ4n) is 2.03. The minimum atomic E-state index is -1.09. The zero-order valence-corrected chi connectivity index (χ0v) is 12.5. The van der Waals surface area contributed by atoms with Gasteiger partial charge in [0, 0.05) is 0 Å². The van der Waals surface area contributed by atoms with Gasteiger partial charge in [0.15, 0.2) is 0 Å². The fourth-order valence-corrected chi connectivity index (χ4v) is 8.53. The van der Waals surface area contributed by atoms with Crippen molar-refractivity contribution >= 4 is 19.8 Å². The molecule has 0 bridgehead atoms. The van der Waals surface area contributed by atoms with Gasteiger partial charge < -0.3 is 0 Å². The van der Waals surface area contributed by atoms with Crippen molar-refractivity contribution < 1.29 is 0 Å². The van der Waals surface area contributed by atoms with Gasteiger partial charge in [0.05, 0.1) is 0 Å². The molecule has 0 aliphatic rings. The first-order valence-corrected chi connectivity index (χ1v) is 14.0. The Balaban J connectivity index is 2.81. The molecule has 0 aliphatic carbocycles. The summed E-state index contributed by atoms with van der Waals surface area (Å²) in [6.07, 6.45) is 0. The van der Waals surface area contributed by atoms with Crippen LogP contribution in [0.2, 0.25) is 14.3 Å². The zero-order valence-electron chi connectivity index (χ0n) is 9.17. The number of hydrogen-bond acceptors (Lipinski definition) is 0. The molecule has 0 nitrogen and oxygen atoms in total. The van der Waals surface area contributed by atoms with Gasteiger partial charge >= 0.3 is 89.2 Å². The molecule has 1 rings (SSSR count). The van der Waals surface area contributed by atoms with Crippen LogP contribution >= 0.6 is 0 Å². The van der Waals surface area contributed by atoms with E-state index in [0.29, 0.717) is 5.41 Å². The average Bonchev–Trinajstić information content (AvgIpc) is 2.04. The Bertz CT molecular complexity index is 249. The maximum absolute atomic E-state index is 2.49. The van der Waals surface area contributed by atoms with Gasteiger partial charge in [-0.15, -0.1) is 0 Å². The molecule has 0 saturated heterocycles. The van der Waals surface area contributed by atoms with Gasteiger partial charge in [-0.3, -0.25) is 0 Å². The van der Waals surface area contributed by atoms with Gasteiger partial charge in [0.1, 0.15) is 0 Å². The molecular weight excluding hydrogens is 263 g/mol. The van der Waals surface area contributed by atoms with Crippen molar-refractivity contribution in [1.29, 1.82) is 0 Å². The summed E-state index contributed by atoms with van der Waals surface area (Å²) in [6, 6.07) is 10.9. The third-order valence-corrected chi connectivity index (χ3v) is 7.72. The van der Waals surface area contributed by atoms with Gasteiger partial charge in [-0.25, -0.2) is 0 Å². The first-order valence-electron chi connectivity index (χ1n) is 5.08. The van der Waals surface area contributed by atoms with Crippen molar-refractivity contribution in [1.82, 2.24) is 0 Å². The van der Waals surface area contributed by atoms with Gasteiger partial charge in [-0.2, -0.15) is 0 Å². The van der Waals surface area contributed by atoms with E-state index in [4.69, 9.17) is 0 Å². The summed E-state index contributed by atoms with van der Waals surface area (Å²) in [7, 11) is 0. The topological polar surface area (TPSA) is 0 Å². The second kappa shape index (κ2) is 4.49. The normalized spacial score (nSPS) is 12.1. The van der Waals surface area contributed by atoms with E-state index in [0.717, 1.165) is 0 Å². The summed E-state index contributed by atoms with van der Waals surface area (Å²) in [5.74, 6) is 0. The van der Waals surface area contributed by atoms with Crippen LogP contribution in [0.1, 0.15) is 19.4 Å². The second-order valence-corrected chi connectivity index (χ2v) is 14.0. The maximum atomic E-state index is 2.49. The predicted molar refractivity (Wildman–Crippen MR) is 63.2 cm³/mol. The van der Waals surface area contributed by atoms with Crippen LogP contribution in [0.3, 0.4) is 0 Å². The molecule has 0 unspecified atom stereocenters. The molecule has 13 heavy (non-hydrogen) atoms. The van der Waals surface area contributed by atoms with Crippen LogP contribution in [0.5, 0.6) is 0 Å². The molecular formula is C12H20Sn. The van der Waals surface area contributed by atoms with Gasteiger partial charge in [-0.1, -0.05) is 0 Å². The van der Waals surface area contributed by atoms with Crippen LogP contribution in [0.4, 0.5) is 0 Å². The SMILES string of the molecule is [CH3][SnH]([CH3])[CH2]C(C)(C)c1ccccc1. The van der Waals surface area contributed by atoms with Gasteiger partial charge in [-0.05, 0) is 0 Å². The Hall–Kier alpha value is 0.0187. The molecule has 1 aromatic rings. The van der Waals surface area contributed by atoms with E-state index in [9.17, 15) is 0 Å². The van der Waals surface area contributed by atoms with Crippen LogP contribution in [0.15, 0.2) is 30.3 Å². The molecule has 0 aromatic heterocycles. The molecule has 0 radical (unpaired) electrons. The molecule has 0 saturated carbocycles. The standard InChI is InChI=1S/C10H13.2CH3.Sn.H/c1-10(2,3)9-7-5-4-6-8-9;;;;/h4-8H,1H2,2-3H3;2*1H3;;. The quantitative estimate of drug-likeness (QED) is 0.745. The summed E-state index contributed by atoms with van der Waals surface area (Å²) in [5.41, 5.74) is 1.91. The van der Waals surface area contributed by atoms with Gasteiger partial charge in [0.2, 0.25) is 0 Å². The van der Waals surface area contributed by atoms with Crippen molar-refractivity contribution in [3.63, 3.8) is 0 Å². The number of benzene rings is 1. The van der Waals surface area contributed by atoms with Gasteiger partial charge in [0.25, 0.3) is 0 Å².